The third kappa shape index (κ3) is 3.73. The quantitative estimate of drug-likeness (QED) is 0.649. The van der Waals surface area contributed by atoms with Gasteiger partial charge in [-0.15, -0.1) is 21.5 Å². The van der Waals surface area contributed by atoms with Crippen molar-refractivity contribution in [2.75, 3.05) is 17.6 Å². The summed E-state index contributed by atoms with van der Waals surface area (Å²) in [5.41, 5.74) is 0. The fourth-order valence-electron chi connectivity index (χ4n) is 2.45. The maximum absolute atomic E-state index is 12.5. The molecule has 1 unspecified atom stereocenters. The van der Waals surface area contributed by atoms with Gasteiger partial charge in [0.1, 0.15) is 6.04 Å². The molecule has 0 saturated carbocycles. The summed E-state index contributed by atoms with van der Waals surface area (Å²) in [6, 6.07) is 3.20. The van der Waals surface area contributed by atoms with Crippen LogP contribution in [-0.4, -0.2) is 45.3 Å². The van der Waals surface area contributed by atoms with Gasteiger partial charge in [-0.2, -0.15) is 0 Å². The minimum absolute atomic E-state index is 0.0721. The van der Waals surface area contributed by atoms with Crippen molar-refractivity contribution in [2.45, 2.75) is 30.1 Å². The zero-order valence-electron chi connectivity index (χ0n) is 12.5. The van der Waals surface area contributed by atoms with E-state index in [4.69, 9.17) is 0 Å². The van der Waals surface area contributed by atoms with E-state index in [1.807, 2.05) is 18.4 Å². The molecule has 6 nitrogen and oxygen atoms in total. The Labute approximate surface area is 146 Å². The van der Waals surface area contributed by atoms with E-state index in [0.29, 0.717) is 23.0 Å². The number of thiophene rings is 1. The van der Waals surface area contributed by atoms with Crippen LogP contribution in [0.5, 0.6) is 0 Å². The minimum atomic E-state index is -0.434. The maximum Gasteiger partial charge on any atom is 0.264 e. The zero-order chi connectivity index (χ0) is 16.2. The van der Waals surface area contributed by atoms with E-state index in [1.165, 1.54) is 22.7 Å². The van der Waals surface area contributed by atoms with Crippen LogP contribution in [0.15, 0.2) is 21.9 Å². The van der Waals surface area contributed by atoms with Gasteiger partial charge < -0.3 is 4.90 Å². The molecule has 1 aliphatic rings. The summed E-state index contributed by atoms with van der Waals surface area (Å²) in [5.74, 6) is 0.655. The number of hydrogen-bond donors (Lipinski definition) is 1. The van der Waals surface area contributed by atoms with E-state index in [9.17, 15) is 9.59 Å². The second-order valence-corrected chi connectivity index (χ2v) is 8.37. The van der Waals surface area contributed by atoms with Gasteiger partial charge in [0.25, 0.3) is 5.91 Å². The number of carbonyl (C=O) groups is 2. The highest BCUT2D eigenvalue weighted by Crippen LogP contribution is 2.27. The number of carbonyl (C=O) groups excluding carboxylic acids is 2. The zero-order valence-corrected chi connectivity index (χ0v) is 15.0. The molecule has 1 atom stereocenters. The smallest absolute Gasteiger partial charge is 0.264 e. The second kappa shape index (κ2) is 7.41. The molecular formula is C14H16N4O2S3. The van der Waals surface area contributed by atoms with Crippen molar-refractivity contribution in [3.05, 3.63) is 22.4 Å². The van der Waals surface area contributed by atoms with Crippen molar-refractivity contribution in [2.24, 2.45) is 0 Å². The van der Waals surface area contributed by atoms with Crippen LogP contribution >= 0.6 is 34.4 Å². The number of rotatable bonds is 5. The highest BCUT2D eigenvalue weighted by Gasteiger charge is 2.35. The Bertz CT molecular complexity index is 686. The Morgan fingerprint density at radius 1 is 1.48 bits per heavy atom. The van der Waals surface area contributed by atoms with Crippen LogP contribution in [0, 0.1) is 0 Å². The summed E-state index contributed by atoms with van der Waals surface area (Å²) in [6.45, 7) is 2.65. The molecule has 1 saturated heterocycles. The molecule has 122 valence electrons. The van der Waals surface area contributed by atoms with E-state index >= 15 is 0 Å². The topological polar surface area (TPSA) is 75.2 Å². The molecule has 3 rings (SSSR count). The Morgan fingerprint density at radius 3 is 3.09 bits per heavy atom. The molecule has 0 radical (unpaired) electrons. The molecular weight excluding hydrogens is 352 g/mol. The predicted octanol–water partition coefficient (Wildman–Crippen LogP) is 2.95. The number of anilines is 1. The van der Waals surface area contributed by atoms with Crippen molar-refractivity contribution in [1.82, 2.24) is 15.1 Å². The minimum Gasteiger partial charge on any atom is -0.326 e. The van der Waals surface area contributed by atoms with E-state index in [-0.39, 0.29) is 11.8 Å². The summed E-state index contributed by atoms with van der Waals surface area (Å²) in [5, 5.41) is 13.1. The third-order valence-electron chi connectivity index (χ3n) is 3.45. The van der Waals surface area contributed by atoms with Crippen LogP contribution in [0.2, 0.25) is 0 Å². The molecule has 2 aromatic heterocycles. The molecule has 3 heterocycles. The second-order valence-electron chi connectivity index (χ2n) is 4.93. The van der Waals surface area contributed by atoms with Crippen LogP contribution in [0.3, 0.4) is 0 Å². The normalized spacial score (nSPS) is 17.4. The first-order valence-electron chi connectivity index (χ1n) is 7.30. The fourth-order valence-corrected chi connectivity index (χ4v) is 4.79. The number of hydrogen-bond acceptors (Lipinski definition) is 7. The number of thioether (sulfide) groups is 1. The summed E-state index contributed by atoms with van der Waals surface area (Å²) in [7, 11) is 0. The Hall–Kier alpha value is -1.45. The van der Waals surface area contributed by atoms with Crippen LogP contribution in [0.1, 0.15) is 29.4 Å². The first-order valence-corrected chi connectivity index (χ1v) is 9.99. The highest BCUT2D eigenvalue weighted by molar-refractivity contribution is 8.01. The summed E-state index contributed by atoms with van der Waals surface area (Å²) in [6.07, 6.45) is 1.51. The fraction of sp³-hybridized carbons (Fsp3) is 0.429. The molecule has 23 heavy (non-hydrogen) atoms. The molecule has 0 aromatic carbocycles. The van der Waals surface area contributed by atoms with Gasteiger partial charge in [0.15, 0.2) is 4.34 Å². The summed E-state index contributed by atoms with van der Waals surface area (Å²) >= 11 is 4.35. The molecule has 2 amide bonds. The third-order valence-corrected chi connectivity index (χ3v) is 6.16. The SMILES string of the molecule is CCSc1nnc(NC(=O)C2CCCN2C(=O)c2cccs2)s1. The van der Waals surface area contributed by atoms with Crippen LogP contribution in [-0.2, 0) is 4.79 Å². The van der Waals surface area contributed by atoms with Gasteiger partial charge in [-0.3, -0.25) is 14.9 Å². The van der Waals surface area contributed by atoms with Crippen molar-refractivity contribution in [1.29, 1.82) is 0 Å². The largest absolute Gasteiger partial charge is 0.326 e. The van der Waals surface area contributed by atoms with Crippen molar-refractivity contribution < 1.29 is 9.59 Å². The lowest BCUT2D eigenvalue weighted by Gasteiger charge is -2.22. The first kappa shape index (κ1) is 16.4. The number of amides is 2. The number of nitrogens with one attached hydrogen (secondary N) is 1. The van der Waals surface area contributed by atoms with Gasteiger partial charge in [0.2, 0.25) is 11.0 Å². The summed E-state index contributed by atoms with van der Waals surface area (Å²) in [4.78, 5) is 27.3. The average Bonchev–Trinajstić information content (AvgIpc) is 3.28. The van der Waals surface area contributed by atoms with Gasteiger partial charge in [-0.05, 0) is 30.0 Å². The van der Waals surface area contributed by atoms with Gasteiger partial charge in [0, 0.05) is 6.54 Å². The standard InChI is InChI=1S/C14H16N4O2S3/c1-2-21-14-17-16-13(23-14)15-11(19)9-5-3-7-18(9)12(20)10-6-4-8-22-10/h4,6,8-9H,2-3,5,7H2,1H3,(H,15,16,19). The molecule has 1 fully saturated rings. The molecule has 1 aliphatic heterocycles. The molecule has 0 bridgehead atoms. The predicted molar refractivity (Wildman–Crippen MR) is 93.3 cm³/mol. The monoisotopic (exact) mass is 368 g/mol. The van der Waals surface area contributed by atoms with Crippen LogP contribution < -0.4 is 5.32 Å². The first-order chi connectivity index (χ1) is 11.2. The van der Waals surface area contributed by atoms with E-state index in [1.54, 1.807) is 22.7 Å². The van der Waals surface area contributed by atoms with Crippen LogP contribution in [0.4, 0.5) is 5.13 Å². The van der Waals surface area contributed by atoms with E-state index in [2.05, 4.69) is 15.5 Å². The lowest BCUT2D eigenvalue weighted by Crippen LogP contribution is -2.42. The van der Waals surface area contributed by atoms with Gasteiger partial charge in [-0.25, -0.2) is 0 Å². The lowest BCUT2D eigenvalue weighted by atomic mass is 10.2. The highest BCUT2D eigenvalue weighted by atomic mass is 32.2. The van der Waals surface area contributed by atoms with Crippen molar-refractivity contribution in [3.63, 3.8) is 0 Å². The van der Waals surface area contributed by atoms with Crippen LogP contribution in [0.25, 0.3) is 0 Å². The number of aromatic nitrogens is 2. The Morgan fingerprint density at radius 2 is 2.35 bits per heavy atom. The maximum atomic E-state index is 12.5. The number of likely N-dealkylation sites (tertiary alicyclic amines) is 1. The molecule has 9 heteroatoms. The molecule has 1 N–H and O–H groups in total. The molecule has 0 aliphatic carbocycles. The summed E-state index contributed by atoms with van der Waals surface area (Å²) < 4.78 is 0.834. The van der Waals surface area contributed by atoms with Crippen molar-refractivity contribution in [3.8, 4) is 0 Å². The Balaban J connectivity index is 1.66. The van der Waals surface area contributed by atoms with E-state index in [0.717, 1.165) is 16.5 Å². The van der Waals surface area contributed by atoms with Crippen molar-refractivity contribution >= 4 is 51.4 Å². The van der Waals surface area contributed by atoms with Gasteiger partial charge in [0.05, 0.1) is 4.88 Å². The van der Waals surface area contributed by atoms with E-state index < -0.39 is 6.04 Å². The lowest BCUT2D eigenvalue weighted by molar-refractivity contribution is -0.119. The average molecular weight is 369 g/mol. The van der Waals surface area contributed by atoms with Gasteiger partial charge in [-0.1, -0.05) is 36.1 Å². The molecule has 2 aromatic rings. The Kier molecular flexibility index (Phi) is 5.29. The molecule has 0 spiro atoms. The number of nitrogens with zero attached hydrogens (tertiary/aromatic N) is 3. The van der Waals surface area contributed by atoms with Gasteiger partial charge >= 0.3 is 0 Å².